The Balaban J connectivity index is 2.78. The van der Waals surface area contributed by atoms with E-state index in [1.807, 2.05) is 11.6 Å². The van der Waals surface area contributed by atoms with E-state index >= 15 is 0 Å². The number of rotatable bonds is 6. The van der Waals surface area contributed by atoms with Crippen LogP contribution >= 0.6 is 15.9 Å². The second-order valence-electron chi connectivity index (χ2n) is 4.09. The fraction of sp³-hybridized carbons (Fsp3) is 0.667. The lowest BCUT2D eigenvalue weighted by molar-refractivity contribution is -0.122. The van der Waals surface area contributed by atoms with Gasteiger partial charge in [0.15, 0.2) is 0 Å². The molecule has 0 spiro atoms. The highest BCUT2D eigenvalue weighted by atomic mass is 79.9. The summed E-state index contributed by atoms with van der Waals surface area (Å²) in [5, 5.41) is 10.3. The second kappa shape index (κ2) is 6.89. The summed E-state index contributed by atoms with van der Waals surface area (Å²) in [7, 11) is 1.64. The molecule has 0 saturated carbocycles. The molecule has 0 radical (unpaired) electrons. The Morgan fingerprint density at radius 3 is 2.67 bits per heavy atom. The molecule has 5 nitrogen and oxygen atoms in total. The van der Waals surface area contributed by atoms with Crippen LogP contribution in [0, 0.1) is 0 Å². The summed E-state index contributed by atoms with van der Waals surface area (Å²) >= 11 is 3.58. The van der Waals surface area contributed by atoms with Gasteiger partial charge in [0, 0.05) is 20.1 Å². The summed E-state index contributed by atoms with van der Waals surface area (Å²) in [6.45, 7) is 7.43. The molecule has 0 aliphatic heterocycles. The van der Waals surface area contributed by atoms with E-state index in [9.17, 15) is 4.79 Å². The Morgan fingerprint density at radius 1 is 1.50 bits per heavy atom. The van der Waals surface area contributed by atoms with Gasteiger partial charge in [0.05, 0.1) is 21.9 Å². The Bertz CT molecular complexity index is 416. The Labute approximate surface area is 116 Å². The van der Waals surface area contributed by atoms with Crippen molar-refractivity contribution in [1.29, 1.82) is 0 Å². The molecule has 0 saturated heterocycles. The number of aryl methyl sites for hydroxylation is 2. The van der Waals surface area contributed by atoms with Gasteiger partial charge in [-0.3, -0.25) is 9.48 Å². The first kappa shape index (κ1) is 15.2. The van der Waals surface area contributed by atoms with Crippen LogP contribution in [0.4, 0.5) is 0 Å². The van der Waals surface area contributed by atoms with E-state index in [1.54, 1.807) is 7.05 Å². The van der Waals surface area contributed by atoms with Crippen LogP contribution < -0.4 is 10.6 Å². The zero-order valence-corrected chi connectivity index (χ0v) is 13.0. The van der Waals surface area contributed by atoms with Crippen molar-refractivity contribution < 1.29 is 4.79 Å². The van der Waals surface area contributed by atoms with Gasteiger partial charge in [-0.2, -0.15) is 5.10 Å². The molecule has 18 heavy (non-hydrogen) atoms. The van der Waals surface area contributed by atoms with E-state index in [0.717, 1.165) is 28.8 Å². The molecule has 0 fully saturated rings. The highest BCUT2D eigenvalue weighted by Gasteiger charge is 2.16. The van der Waals surface area contributed by atoms with E-state index < -0.39 is 0 Å². The van der Waals surface area contributed by atoms with Gasteiger partial charge in [-0.15, -0.1) is 0 Å². The van der Waals surface area contributed by atoms with Crippen LogP contribution in [-0.4, -0.2) is 28.8 Å². The minimum absolute atomic E-state index is 0.00981. The lowest BCUT2D eigenvalue weighted by atomic mass is 10.2. The predicted octanol–water partition coefficient (Wildman–Crippen LogP) is 1.45. The quantitative estimate of drug-likeness (QED) is 0.835. The number of carbonyl (C=O) groups is 1. The highest BCUT2D eigenvalue weighted by Crippen LogP contribution is 2.22. The summed E-state index contributed by atoms with van der Waals surface area (Å²) in [6, 6.07) is -0.216. The Hall–Kier alpha value is -0.880. The van der Waals surface area contributed by atoms with E-state index in [2.05, 4.69) is 45.5 Å². The topological polar surface area (TPSA) is 59.0 Å². The average Bonchev–Trinajstić information content (AvgIpc) is 2.70. The van der Waals surface area contributed by atoms with Crippen molar-refractivity contribution in [1.82, 2.24) is 20.4 Å². The highest BCUT2D eigenvalue weighted by molar-refractivity contribution is 9.10. The van der Waals surface area contributed by atoms with Crippen molar-refractivity contribution in [3.63, 3.8) is 0 Å². The molecular formula is C12H21BrN4O. The van der Waals surface area contributed by atoms with Gasteiger partial charge in [0.2, 0.25) is 5.91 Å². The van der Waals surface area contributed by atoms with Gasteiger partial charge in [-0.05, 0) is 36.2 Å². The normalized spacial score (nSPS) is 12.5. The van der Waals surface area contributed by atoms with Crippen molar-refractivity contribution in [3.8, 4) is 0 Å². The van der Waals surface area contributed by atoms with Crippen LogP contribution in [0.1, 0.15) is 32.2 Å². The minimum Gasteiger partial charge on any atom is -0.358 e. The van der Waals surface area contributed by atoms with E-state index in [-0.39, 0.29) is 11.9 Å². The number of hydrogen-bond donors (Lipinski definition) is 2. The molecular weight excluding hydrogens is 296 g/mol. The molecule has 0 aromatic carbocycles. The van der Waals surface area contributed by atoms with Crippen LogP contribution in [0.3, 0.4) is 0 Å². The minimum atomic E-state index is -0.216. The van der Waals surface area contributed by atoms with Gasteiger partial charge >= 0.3 is 0 Å². The van der Waals surface area contributed by atoms with Gasteiger partial charge in [-0.25, -0.2) is 0 Å². The molecule has 0 aliphatic rings. The third-order valence-electron chi connectivity index (χ3n) is 2.91. The first-order valence-corrected chi connectivity index (χ1v) is 7.03. The van der Waals surface area contributed by atoms with Gasteiger partial charge in [-0.1, -0.05) is 6.92 Å². The van der Waals surface area contributed by atoms with Crippen LogP contribution in [0.2, 0.25) is 0 Å². The summed E-state index contributed by atoms with van der Waals surface area (Å²) in [5.41, 5.74) is 2.14. The maximum atomic E-state index is 11.4. The molecule has 1 rings (SSSR count). The third-order valence-corrected chi connectivity index (χ3v) is 3.82. The van der Waals surface area contributed by atoms with Crippen LogP contribution in [0.25, 0.3) is 0 Å². The number of nitrogens with zero attached hydrogens (tertiary/aromatic N) is 2. The van der Waals surface area contributed by atoms with E-state index in [1.165, 1.54) is 0 Å². The van der Waals surface area contributed by atoms with E-state index in [0.29, 0.717) is 6.54 Å². The molecule has 6 heteroatoms. The number of likely N-dealkylation sites (N-methyl/N-ethyl adjacent to an activating group) is 1. The number of amides is 1. The average molecular weight is 317 g/mol. The maximum absolute atomic E-state index is 11.4. The molecule has 0 aliphatic carbocycles. The van der Waals surface area contributed by atoms with E-state index in [4.69, 9.17) is 0 Å². The van der Waals surface area contributed by atoms with Crippen molar-refractivity contribution in [2.24, 2.45) is 0 Å². The molecule has 1 aromatic heterocycles. The molecule has 0 bridgehead atoms. The van der Waals surface area contributed by atoms with Crippen molar-refractivity contribution in [3.05, 3.63) is 15.9 Å². The number of hydrogen-bond acceptors (Lipinski definition) is 3. The summed E-state index contributed by atoms with van der Waals surface area (Å²) in [6.07, 6.45) is 0.894. The molecule has 1 unspecified atom stereocenters. The first-order valence-electron chi connectivity index (χ1n) is 6.24. The van der Waals surface area contributed by atoms with Gasteiger partial charge in [0.1, 0.15) is 0 Å². The van der Waals surface area contributed by atoms with Gasteiger partial charge in [0.25, 0.3) is 0 Å². The molecule has 1 aromatic rings. The first-order chi connectivity index (χ1) is 8.54. The van der Waals surface area contributed by atoms with Gasteiger partial charge < -0.3 is 10.6 Å². The zero-order valence-electron chi connectivity index (χ0n) is 11.4. The lowest BCUT2D eigenvalue weighted by Gasteiger charge is -2.13. The second-order valence-corrected chi connectivity index (χ2v) is 4.89. The van der Waals surface area contributed by atoms with Crippen molar-refractivity contribution >= 4 is 21.8 Å². The standard InChI is InChI=1S/C12H21BrN4O/c1-5-9-11(13)10(17(6-2)16-9)7-15-8(3)12(18)14-4/h8,15H,5-7H2,1-4H3,(H,14,18). The Morgan fingerprint density at radius 2 is 2.17 bits per heavy atom. The zero-order chi connectivity index (χ0) is 13.7. The van der Waals surface area contributed by atoms with Crippen LogP contribution in [0.15, 0.2) is 4.47 Å². The monoisotopic (exact) mass is 316 g/mol. The Kier molecular flexibility index (Phi) is 5.81. The maximum Gasteiger partial charge on any atom is 0.236 e. The number of aromatic nitrogens is 2. The number of nitrogens with one attached hydrogen (secondary N) is 2. The van der Waals surface area contributed by atoms with Crippen molar-refractivity contribution in [2.45, 2.75) is 46.3 Å². The van der Waals surface area contributed by atoms with Crippen molar-refractivity contribution in [2.75, 3.05) is 7.05 Å². The molecule has 1 heterocycles. The van der Waals surface area contributed by atoms with Crippen LogP contribution in [0.5, 0.6) is 0 Å². The largest absolute Gasteiger partial charge is 0.358 e. The lowest BCUT2D eigenvalue weighted by Crippen LogP contribution is -2.40. The number of halogens is 1. The fourth-order valence-corrected chi connectivity index (χ4v) is 2.45. The number of carbonyl (C=O) groups excluding carboxylic acids is 1. The van der Waals surface area contributed by atoms with Crippen LogP contribution in [-0.2, 0) is 24.3 Å². The summed E-state index contributed by atoms with van der Waals surface area (Å²) in [5.74, 6) is -0.00981. The third kappa shape index (κ3) is 3.32. The molecule has 1 amide bonds. The molecule has 1 atom stereocenters. The molecule has 2 N–H and O–H groups in total. The summed E-state index contributed by atoms with van der Waals surface area (Å²) < 4.78 is 3.01. The fourth-order valence-electron chi connectivity index (χ4n) is 1.75. The SMILES string of the molecule is CCc1nn(CC)c(CNC(C)C(=O)NC)c1Br. The smallest absolute Gasteiger partial charge is 0.236 e. The predicted molar refractivity (Wildman–Crippen MR) is 75.3 cm³/mol. The molecule has 102 valence electrons. The summed E-state index contributed by atoms with van der Waals surface area (Å²) in [4.78, 5) is 11.4.